The number of rotatable bonds is 4. The number of anilines is 1. The lowest BCUT2D eigenvalue weighted by atomic mass is 9.98. The van der Waals surface area contributed by atoms with Gasteiger partial charge in [0, 0.05) is 18.6 Å². The molecule has 0 spiro atoms. The van der Waals surface area contributed by atoms with Gasteiger partial charge in [-0.25, -0.2) is 4.79 Å². The summed E-state index contributed by atoms with van der Waals surface area (Å²) in [7, 11) is -5.52. The summed E-state index contributed by atoms with van der Waals surface area (Å²) in [6.45, 7) is 4.15. The van der Waals surface area contributed by atoms with Gasteiger partial charge in [-0.1, -0.05) is 18.2 Å². The summed E-state index contributed by atoms with van der Waals surface area (Å²) in [4.78, 5) is 13.5. The molecule has 1 fully saturated rings. The van der Waals surface area contributed by atoms with Gasteiger partial charge in [-0.05, 0) is 31.9 Å². The van der Waals surface area contributed by atoms with Crippen LogP contribution >= 0.6 is 0 Å². The van der Waals surface area contributed by atoms with E-state index in [-0.39, 0.29) is 29.4 Å². The molecule has 0 saturated carbocycles. The van der Waals surface area contributed by atoms with E-state index in [2.05, 4.69) is 5.32 Å². The van der Waals surface area contributed by atoms with Gasteiger partial charge in [0.15, 0.2) is 0 Å². The second-order valence-electron chi connectivity index (χ2n) is 6.19. The molecule has 2 amide bonds. The number of hydrogen-bond donors (Lipinski definition) is 2. The first-order valence-electron chi connectivity index (χ1n) is 7.15. The summed E-state index contributed by atoms with van der Waals surface area (Å²) in [6, 6.07) is 5.33. The lowest BCUT2D eigenvalue weighted by Gasteiger charge is -2.38. The van der Waals surface area contributed by atoms with Gasteiger partial charge in [0.05, 0.1) is 5.69 Å². The molecular formula is C14H18F3N3O3S. The van der Waals surface area contributed by atoms with E-state index in [9.17, 15) is 26.4 Å². The van der Waals surface area contributed by atoms with Crippen LogP contribution in [-0.4, -0.2) is 36.9 Å². The third-order valence-electron chi connectivity index (χ3n) is 3.67. The minimum absolute atomic E-state index is 0.00152. The van der Waals surface area contributed by atoms with Crippen molar-refractivity contribution in [3.05, 3.63) is 29.8 Å². The van der Waals surface area contributed by atoms with Gasteiger partial charge in [-0.2, -0.15) is 21.6 Å². The monoisotopic (exact) mass is 365 g/mol. The molecule has 0 radical (unpaired) electrons. The average Bonchev–Trinajstić information content (AvgIpc) is 2.41. The van der Waals surface area contributed by atoms with E-state index in [1.54, 1.807) is 6.07 Å². The van der Waals surface area contributed by atoms with Crippen LogP contribution in [0.15, 0.2) is 24.3 Å². The summed E-state index contributed by atoms with van der Waals surface area (Å²) in [6.07, 6.45) is 0.662. The third kappa shape index (κ3) is 4.11. The molecule has 24 heavy (non-hydrogen) atoms. The molecule has 6 nitrogen and oxygen atoms in total. The van der Waals surface area contributed by atoms with E-state index < -0.39 is 15.5 Å². The SMILES string of the molecule is CC1(C)CCN(Cc2ccccc2NS(=O)(=O)C(F)(F)F)C(=O)N1. The van der Waals surface area contributed by atoms with E-state index in [4.69, 9.17) is 0 Å². The van der Waals surface area contributed by atoms with Crippen molar-refractivity contribution in [2.24, 2.45) is 0 Å². The van der Waals surface area contributed by atoms with E-state index in [0.717, 1.165) is 0 Å². The van der Waals surface area contributed by atoms with Gasteiger partial charge in [0.1, 0.15) is 0 Å². The zero-order valence-electron chi connectivity index (χ0n) is 13.1. The normalized spacial score (nSPS) is 18.2. The molecule has 1 aliphatic heterocycles. The zero-order chi connectivity index (χ0) is 18.2. The van der Waals surface area contributed by atoms with Crippen LogP contribution in [0, 0.1) is 0 Å². The number of halogens is 3. The maximum Gasteiger partial charge on any atom is 0.516 e. The number of sulfonamides is 1. The Labute approximate surface area is 138 Å². The first-order chi connectivity index (χ1) is 10.9. The Morgan fingerprint density at radius 1 is 1.29 bits per heavy atom. The van der Waals surface area contributed by atoms with Gasteiger partial charge in [-0.3, -0.25) is 4.72 Å². The van der Waals surface area contributed by atoms with Crippen LogP contribution in [0.25, 0.3) is 0 Å². The smallest absolute Gasteiger partial charge is 0.333 e. The standard InChI is InChI=1S/C14H18F3N3O3S/c1-13(2)7-8-20(12(21)18-13)9-10-5-3-4-6-11(10)19-24(22,23)14(15,16)17/h3-6,19H,7-9H2,1-2H3,(H,18,21). The number of alkyl halides is 3. The number of nitrogens with zero attached hydrogens (tertiary/aromatic N) is 1. The van der Waals surface area contributed by atoms with Gasteiger partial charge in [0.25, 0.3) is 0 Å². The lowest BCUT2D eigenvalue weighted by molar-refractivity contribution is -0.0429. The van der Waals surface area contributed by atoms with Crippen molar-refractivity contribution in [1.29, 1.82) is 0 Å². The quantitative estimate of drug-likeness (QED) is 0.861. The number of carbonyl (C=O) groups excluding carboxylic acids is 1. The van der Waals surface area contributed by atoms with Crippen LogP contribution < -0.4 is 10.0 Å². The van der Waals surface area contributed by atoms with Crippen molar-refractivity contribution in [1.82, 2.24) is 10.2 Å². The molecule has 2 rings (SSSR count). The molecule has 0 atom stereocenters. The predicted octanol–water partition coefficient (Wildman–Crippen LogP) is 2.64. The molecule has 1 aliphatic rings. The van der Waals surface area contributed by atoms with Gasteiger partial charge in [0.2, 0.25) is 0 Å². The number of nitrogens with one attached hydrogen (secondary N) is 2. The van der Waals surface area contributed by atoms with Crippen molar-refractivity contribution in [2.45, 2.75) is 37.9 Å². The molecule has 134 valence electrons. The van der Waals surface area contributed by atoms with Crippen LogP contribution in [0.5, 0.6) is 0 Å². The highest BCUT2D eigenvalue weighted by atomic mass is 32.2. The molecule has 1 saturated heterocycles. The highest BCUT2D eigenvalue weighted by Gasteiger charge is 2.46. The second kappa shape index (κ2) is 6.15. The van der Waals surface area contributed by atoms with E-state index in [1.165, 1.54) is 27.8 Å². The maximum absolute atomic E-state index is 12.5. The average molecular weight is 365 g/mol. The fraction of sp³-hybridized carbons (Fsp3) is 0.500. The Hall–Kier alpha value is -1.97. The molecule has 1 aromatic carbocycles. The number of urea groups is 1. The number of carbonyl (C=O) groups is 1. The fourth-order valence-electron chi connectivity index (χ4n) is 2.26. The Morgan fingerprint density at radius 3 is 2.50 bits per heavy atom. The molecule has 0 aliphatic carbocycles. The number of hydrogen-bond acceptors (Lipinski definition) is 3. The molecule has 0 aromatic heterocycles. The maximum atomic E-state index is 12.5. The van der Waals surface area contributed by atoms with E-state index in [1.807, 2.05) is 13.8 Å². The van der Waals surface area contributed by atoms with Gasteiger partial charge in [-0.15, -0.1) is 0 Å². The molecule has 2 N–H and O–H groups in total. The summed E-state index contributed by atoms with van der Waals surface area (Å²) < 4.78 is 61.7. The molecule has 0 bridgehead atoms. The second-order valence-corrected chi connectivity index (χ2v) is 7.87. The predicted molar refractivity (Wildman–Crippen MR) is 82.7 cm³/mol. The van der Waals surface area contributed by atoms with Gasteiger partial charge >= 0.3 is 21.6 Å². The molecule has 1 aromatic rings. The van der Waals surface area contributed by atoms with Crippen molar-refractivity contribution >= 4 is 21.7 Å². The molecule has 0 unspecified atom stereocenters. The lowest BCUT2D eigenvalue weighted by Crippen LogP contribution is -2.56. The van der Waals surface area contributed by atoms with E-state index in [0.29, 0.717) is 13.0 Å². The van der Waals surface area contributed by atoms with Crippen LogP contribution in [0.1, 0.15) is 25.8 Å². The molecular weight excluding hydrogens is 347 g/mol. The van der Waals surface area contributed by atoms with Crippen molar-refractivity contribution in [3.63, 3.8) is 0 Å². The zero-order valence-corrected chi connectivity index (χ0v) is 14.0. The molecule has 1 heterocycles. The van der Waals surface area contributed by atoms with Crippen LogP contribution in [0.4, 0.5) is 23.7 Å². The van der Waals surface area contributed by atoms with Crippen molar-refractivity contribution in [2.75, 3.05) is 11.3 Å². The largest absolute Gasteiger partial charge is 0.516 e. The Bertz CT molecular complexity index is 732. The first-order valence-corrected chi connectivity index (χ1v) is 8.64. The highest BCUT2D eigenvalue weighted by molar-refractivity contribution is 7.93. The Kier molecular flexibility index (Phi) is 4.71. The summed E-state index contributed by atoms with van der Waals surface area (Å²) in [5.41, 5.74) is -5.69. The van der Waals surface area contributed by atoms with Crippen LogP contribution in [0.3, 0.4) is 0 Å². The summed E-state index contributed by atoms with van der Waals surface area (Å²) in [5.74, 6) is 0. The van der Waals surface area contributed by atoms with Crippen LogP contribution in [-0.2, 0) is 16.6 Å². The van der Waals surface area contributed by atoms with Gasteiger partial charge < -0.3 is 10.2 Å². The fourth-order valence-corrected chi connectivity index (χ4v) is 2.87. The third-order valence-corrected chi connectivity index (χ3v) is 4.76. The number of para-hydroxylation sites is 1. The minimum Gasteiger partial charge on any atom is -0.333 e. The summed E-state index contributed by atoms with van der Waals surface area (Å²) in [5, 5.41) is 2.79. The highest BCUT2D eigenvalue weighted by Crippen LogP contribution is 2.28. The van der Waals surface area contributed by atoms with Crippen LogP contribution in [0.2, 0.25) is 0 Å². The van der Waals surface area contributed by atoms with Crippen molar-refractivity contribution in [3.8, 4) is 0 Å². The number of amides is 2. The molecule has 10 heteroatoms. The van der Waals surface area contributed by atoms with Crippen molar-refractivity contribution < 1.29 is 26.4 Å². The Balaban J connectivity index is 2.20. The van der Waals surface area contributed by atoms with E-state index >= 15 is 0 Å². The summed E-state index contributed by atoms with van der Waals surface area (Å²) >= 11 is 0. The topological polar surface area (TPSA) is 78.5 Å². The Morgan fingerprint density at radius 2 is 1.92 bits per heavy atom. The number of benzene rings is 1. The first kappa shape index (κ1) is 18.4. The minimum atomic E-state index is -5.52.